The van der Waals surface area contributed by atoms with Gasteiger partial charge in [0.25, 0.3) is 5.92 Å². The van der Waals surface area contributed by atoms with Gasteiger partial charge >= 0.3 is 0 Å². The van der Waals surface area contributed by atoms with E-state index in [-0.39, 0.29) is 17.3 Å². The van der Waals surface area contributed by atoms with Crippen LogP contribution in [0, 0.1) is 5.92 Å². The first-order chi connectivity index (χ1) is 6.94. The van der Waals surface area contributed by atoms with Gasteiger partial charge in [0, 0.05) is 18.5 Å². The molecule has 1 saturated carbocycles. The third kappa shape index (κ3) is 0.936. The number of halogens is 3. The molecule has 2 aliphatic rings. The Hall–Kier alpha value is -1.00. The second kappa shape index (κ2) is 2.39. The molecule has 0 aliphatic heterocycles. The molecule has 0 radical (unpaired) electrons. The summed E-state index contributed by atoms with van der Waals surface area (Å²) in [6, 6.07) is 0. The summed E-state index contributed by atoms with van der Waals surface area (Å²) in [4.78, 5) is 0. The Labute approximate surface area is 85.1 Å². The van der Waals surface area contributed by atoms with Crippen molar-refractivity contribution in [2.75, 3.05) is 0 Å². The van der Waals surface area contributed by atoms with Crippen LogP contribution in [0.3, 0.4) is 0 Å². The molecular formula is C10H11F3N2. The molecule has 1 aromatic heterocycles. The third-order valence-corrected chi connectivity index (χ3v) is 3.43. The van der Waals surface area contributed by atoms with Crippen LogP contribution in [0.2, 0.25) is 0 Å². The molecule has 1 unspecified atom stereocenters. The van der Waals surface area contributed by atoms with Crippen LogP contribution < -0.4 is 0 Å². The molecule has 0 spiro atoms. The van der Waals surface area contributed by atoms with Crippen LogP contribution in [0.5, 0.6) is 0 Å². The molecule has 3 atom stereocenters. The summed E-state index contributed by atoms with van der Waals surface area (Å²) in [5, 5.41) is 3.87. The highest BCUT2D eigenvalue weighted by Crippen LogP contribution is 2.67. The van der Waals surface area contributed by atoms with Gasteiger partial charge in [-0.3, -0.25) is 4.68 Å². The predicted octanol–water partition coefficient (Wildman–Crippen LogP) is 2.66. The lowest BCUT2D eigenvalue weighted by atomic mass is 10.1. The fourth-order valence-corrected chi connectivity index (χ4v) is 2.71. The summed E-state index contributed by atoms with van der Waals surface area (Å²) in [6.45, 7) is 1.34. The number of rotatable bonds is 1. The first-order valence-corrected chi connectivity index (χ1v) is 5.03. The van der Waals surface area contributed by atoms with Crippen molar-refractivity contribution in [3.05, 3.63) is 17.0 Å². The molecule has 3 rings (SSSR count). The van der Waals surface area contributed by atoms with Gasteiger partial charge < -0.3 is 0 Å². The second-order valence-corrected chi connectivity index (χ2v) is 4.46. The molecule has 0 saturated heterocycles. The molecule has 15 heavy (non-hydrogen) atoms. The van der Waals surface area contributed by atoms with Crippen molar-refractivity contribution in [2.45, 2.75) is 31.4 Å². The summed E-state index contributed by atoms with van der Waals surface area (Å²) in [5.74, 6) is -3.57. The quantitative estimate of drug-likeness (QED) is 0.705. The van der Waals surface area contributed by atoms with Crippen LogP contribution in [-0.4, -0.2) is 9.78 Å². The van der Waals surface area contributed by atoms with Gasteiger partial charge in [-0.2, -0.15) is 13.9 Å². The molecule has 0 bridgehead atoms. The van der Waals surface area contributed by atoms with E-state index in [0.717, 1.165) is 4.68 Å². The van der Waals surface area contributed by atoms with Crippen molar-refractivity contribution >= 4 is 0 Å². The Morgan fingerprint density at radius 2 is 2.20 bits per heavy atom. The van der Waals surface area contributed by atoms with Crippen LogP contribution in [0.1, 0.15) is 42.4 Å². The average Bonchev–Trinajstić information content (AvgIpc) is 2.78. The van der Waals surface area contributed by atoms with Crippen LogP contribution in [-0.2, 0) is 13.0 Å². The van der Waals surface area contributed by atoms with E-state index in [9.17, 15) is 13.2 Å². The second-order valence-electron chi connectivity index (χ2n) is 4.46. The Morgan fingerprint density at radius 1 is 1.53 bits per heavy atom. The largest absolute Gasteiger partial charge is 0.293 e. The van der Waals surface area contributed by atoms with Crippen LogP contribution in [0.25, 0.3) is 0 Å². The fourth-order valence-electron chi connectivity index (χ4n) is 2.71. The van der Waals surface area contributed by atoms with E-state index in [1.54, 1.807) is 0 Å². The van der Waals surface area contributed by atoms with Crippen molar-refractivity contribution in [1.29, 1.82) is 0 Å². The molecule has 1 fully saturated rings. The fraction of sp³-hybridized carbons (Fsp3) is 0.700. The maximum Gasteiger partial charge on any atom is 0.293 e. The molecule has 0 amide bonds. The number of nitrogens with zero attached hydrogens (tertiary/aromatic N) is 2. The molecule has 2 aliphatic carbocycles. The van der Waals surface area contributed by atoms with Crippen molar-refractivity contribution in [1.82, 2.24) is 9.78 Å². The monoisotopic (exact) mass is 216 g/mol. The van der Waals surface area contributed by atoms with E-state index in [0.29, 0.717) is 12.0 Å². The van der Waals surface area contributed by atoms with E-state index >= 15 is 0 Å². The van der Waals surface area contributed by atoms with Crippen molar-refractivity contribution < 1.29 is 13.2 Å². The summed E-state index contributed by atoms with van der Waals surface area (Å²) in [5.41, 5.74) is 0.614. The molecule has 1 heterocycles. The SMILES string of the molecule is CC(F)c1nn(C)c2c1[C@H]1C[C@H]1C2(F)F. The molecular weight excluding hydrogens is 205 g/mol. The van der Waals surface area contributed by atoms with Gasteiger partial charge in [-0.15, -0.1) is 0 Å². The highest BCUT2D eigenvalue weighted by Gasteiger charge is 2.66. The smallest absolute Gasteiger partial charge is 0.266 e. The first kappa shape index (κ1) is 9.24. The number of aromatic nitrogens is 2. The molecule has 82 valence electrons. The standard InChI is InChI=1S/C10H11F3N2/c1-4(11)8-7-5-3-6(5)10(12,13)9(7)15(2)14-8/h4-6H,3H2,1-2H3/t4?,5-,6+/m0/s1. The van der Waals surface area contributed by atoms with E-state index in [1.807, 2.05) is 0 Å². The van der Waals surface area contributed by atoms with Crippen LogP contribution in [0.15, 0.2) is 0 Å². The van der Waals surface area contributed by atoms with Crippen molar-refractivity contribution in [2.24, 2.45) is 13.0 Å². The van der Waals surface area contributed by atoms with E-state index in [2.05, 4.69) is 5.10 Å². The average molecular weight is 216 g/mol. The maximum absolute atomic E-state index is 13.7. The lowest BCUT2D eigenvalue weighted by Crippen LogP contribution is -2.18. The normalized spacial score (nSPS) is 32.3. The van der Waals surface area contributed by atoms with Gasteiger partial charge in [0.15, 0.2) is 0 Å². The zero-order valence-electron chi connectivity index (χ0n) is 8.47. The zero-order valence-corrected chi connectivity index (χ0v) is 8.47. The molecule has 0 aromatic carbocycles. The molecule has 5 heteroatoms. The Bertz CT molecular complexity index is 436. The topological polar surface area (TPSA) is 17.8 Å². The highest BCUT2D eigenvalue weighted by atomic mass is 19.3. The van der Waals surface area contributed by atoms with E-state index in [1.165, 1.54) is 14.0 Å². The lowest BCUT2D eigenvalue weighted by Gasteiger charge is -2.12. The first-order valence-electron chi connectivity index (χ1n) is 5.03. The summed E-state index contributed by atoms with van der Waals surface area (Å²) < 4.78 is 41.8. The molecule has 2 nitrogen and oxygen atoms in total. The van der Waals surface area contributed by atoms with Crippen LogP contribution in [0.4, 0.5) is 13.2 Å². The number of alkyl halides is 3. The number of fused-ring (bicyclic) bond motifs is 3. The van der Waals surface area contributed by atoms with E-state index in [4.69, 9.17) is 0 Å². The van der Waals surface area contributed by atoms with Crippen molar-refractivity contribution in [3.63, 3.8) is 0 Å². The minimum atomic E-state index is -2.81. The maximum atomic E-state index is 13.7. The summed E-state index contributed by atoms with van der Waals surface area (Å²) >= 11 is 0. The molecule has 0 N–H and O–H groups in total. The number of hydrogen-bond acceptors (Lipinski definition) is 1. The van der Waals surface area contributed by atoms with Gasteiger partial charge in [0.2, 0.25) is 0 Å². The Morgan fingerprint density at radius 3 is 2.80 bits per heavy atom. The minimum Gasteiger partial charge on any atom is -0.266 e. The van der Waals surface area contributed by atoms with Gasteiger partial charge in [0.05, 0.1) is 0 Å². The number of aryl methyl sites for hydroxylation is 1. The van der Waals surface area contributed by atoms with Gasteiger partial charge in [0.1, 0.15) is 17.6 Å². The van der Waals surface area contributed by atoms with Gasteiger partial charge in [-0.25, -0.2) is 4.39 Å². The summed E-state index contributed by atoms with van der Waals surface area (Å²) in [6.07, 6.45) is -0.791. The predicted molar refractivity (Wildman–Crippen MR) is 47.5 cm³/mol. The summed E-state index contributed by atoms with van der Waals surface area (Å²) in [7, 11) is 1.46. The highest BCUT2D eigenvalue weighted by molar-refractivity contribution is 5.46. The van der Waals surface area contributed by atoms with Gasteiger partial charge in [-0.05, 0) is 19.3 Å². The Balaban J connectivity index is 2.23. The van der Waals surface area contributed by atoms with E-state index < -0.39 is 18.0 Å². The zero-order chi connectivity index (χ0) is 11.0. The Kier molecular flexibility index (Phi) is 1.47. The minimum absolute atomic E-state index is 0.0664. The van der Waals surface area contributed by atoms with Crippen LogP contribution >= 0.6 is 0 Å². The molecule has 1 aromatic rings. The third-order valence-electron chi connectivity index (χ3n) is 3.43. The van der Waals surface area contributed by atoms with Crippen molar-refractivity contribution in [3.8, 4) is 0 Å². The number of hydrogen-bond donors (Lipinski definition) is 0. The lowest BCUT2D eigenvalue weighted by molar-refractivity contribution is -0.0301. The van der Waals surface area contributed by atoms with Gasteiger partial charge in [-0.1, -0.05) is 0 Å².